The summed E-state index contributed by atoms with van der Waals surface area (Å²) in [5, 5.41) is 13.6. The fourth-order valence-corrected chi connectivity index (χ4v) is 4.82. The Balaban J connectivity index is 0.00000208. The number of aliphatic carboxylic acids is 1. The summed E-state index contributed by atoms with van der Waals surface area (Å²) in [5.74, 6) is -2.55. The van der Waals surface area contributed by atoms with Gasteiger partial charge < -0.3 is 29.6 Å². The predicted octanol–water partition coefficient (Wildman–Crippen LogP) is -4.70. The van der Waals surface area contributed by atoms with Crippen LogP contribution in [0.5, 0.6) is 0 Å². The van der Waals surface area contributed by atoms with Gasteiger partial charge in [-0.25, -0.2) is 0 Å². The van der Waals surface area contributed by atoms with E-state index in [0.29, 0.717) is 13.2 Å². The van der Waals surface area contributed by atoms with Gasteiger partial charge in [-0.05, 0) is 20.8 Å². The summed E-state index contributed by atoms with van der Waals surface area (Å²) < 4.78 is 9.92. The van der Waals surface area contributed by atoms with Crippen LogP contribution in [0.3, 0.4) is 0 Å². The van der Waals surface area contributed by atoms with Crippen LogP contribution >= 0.6 is 11.8 Å². The van der Waals surface area contributed by atoms with Crippen LogP contribution in [-0.2, 0) is 23.9 Å². The van der Waals surface area contributed by atoms with Crippen LogP contribution in [0.15, 0.2) is 0 Å². The predicted molar refractivity (Wildman–Crippen MR) is 77.9 cm³/mol. The molecule has 0 aromatic rings. The van der Waals surface area contributed by atoms with E-state index in [1.807, 2.05) is 0 Å². The first-order valence-corrected chi connectivity index (χ1v) is 8.36. The first kappa shape index (κ1) is 20.0. The number of ether oxygens (including phenoxy) is 2. The van der Waals surface area contributed by atoms with Gasteiger partial charge in [-0.1, -0.05) is 0 Å². The third kappa shape index (κ3) is 3.22. The van der Waals surface area contributed by atoms with E-state index in [1.54, 1.807) is 20.8 Å². The van der Waals surface area contributed by atoms with E-state index < -0.39 is 40.9 Å². The van der Waals surface area contributed by atoms with Gasteiger partial charge in [-0.3, -0.25) is 9.59 Å². The molecule has 0 spiro atoms. The van der Waals surface area contributed by atoms with E-state index in [9.17, 15) is 19.5 Å². The van der Waals surface area contributed by atoms with Gasteiger partial charge in [0.1, 0.15) is 11.4 Å². The zero-order valence-corrected chi connectivity index (χ0v) is 16.9. The molecule has 0 radical (unpaired) electrons. The maximum atomic E-state index is 12.3. The van der Waals surface area contributed by atoms with Crippen LogP contribution < -0.4 is 40.0 Å². The number of amides is 2. The summed E-state index contributed by atoms with van der Waals surface area (Å²) >= 11 is 1.36. The maximum absolute atomic E-state index is 12.3. The second-order valence-electron chi connectivity index (χ2n) is 6.46. The first-order valence-electron chi connectivity index (χ1n) is 7.48. The van der Waals surface area contributed by atoms with Gasteiger partial charge in [0.2, 0.25) is 11.8 Å². The normalized spacial score (nSPS) is 32.5. The molecule has 3 aliphatic rings. The number of carbonyl (C=O) groups is 3. The summed E-state index contributed by atoms with van der Waals surface area (Å²) in [6, 6.07) is -1.71. The Labute approximate surface area is 166 Å². The fraction of sp³-hybridized carbons (Fsp3) is 0.786. The standard InChI is InChI=1S/C14H20N2O6S.Na/c1-6(13-21-4-5-22-13)9(17)15-7-10(18)16-8(12(19)20)14(2,3)23-11(7)16;/h6-8,11,13H,4-5H2,1-3H3,(H,15,17)(H,19,20);/q;+1/p-1/t6?,7-,8+,11-;/m1./s1. The number of fused-ring (bicyclic) bond motifs is 1. The van der Waals surface area contributed by atoms with Gasteiger partial charge in [-0.2, -0.15) is 0 Å². The van der Waals surface area contributed by atoms with Gasteiger partial charge >= 0.3 is 29.6 Å². The molecule has 3 aliphatic heterocycles. The summed E-state index contributed by atoms with van der Waals surface area (Å²) in [5.41, 5.74) is 0. The second-order valence-corrected chi connectivity index (χ2v) is 8.23. The zero-order valence-electron chi connectivity index (χ0n) is 14.1. The van der Waals surface area contributed by atoms with Crippen molar-refractivity contribution in [3.63, 3.8) is 0 Å². The maximum Gasteiger partial charge on any atom is 1.00 e. The SMILES string of the molecule is CC(C(=O)N[C@@H]1C(=O)N2[C@@H]1SC(C)(C)[C@@H]2C(=O)[O-])C1OCCO1.[Na+]. The molecule has 0 bridgehead atoms. The zero-order chi connectivity index (χ0) is 16.9. The molecule has 0 aromatic carbocycles. The first-order chi connectivity index (χ1) is 10.7. The molecule has 4 atom stereocenters. The van der Waals surface area contributed by atoms with Crippen LogP contribution in [0, 0.1) is 5.92 Å². The molecule has 3 rings (SSSR count). The minimum absolute atomic E-state index is 0. The van der Waals surface area contributed by atoms with Crippen molar-refractivity contribution in [2.45, 2.75) is 49.3 Å². The third-order valence-corrected chi connectivity index (χ3v) is 6.00. The average molecular weight is 366 g/mol. The van der Waals surface area contributed by atoms with Gasteiger partial charge in [0.15, 0.2) is 6.29 Å². The van der Waals surface area contributed by atoms with E-state index >= 15 is 0 Å². The topological polar surface area (TPSA) is 108 Å². The molecule has 0 aromatic heterocycles. The van der Waals surface area contributed by atoms with Crippen LogP contribution in [0.1, 0.15) is 20.8 Å². The molecule has 1 N–H and O–H groups in total. The number of carbonyl (C=O) groups excluding carboxylic acids is 3. The number of hydrogen-bond acceptors (Lipinski definition) is 7. The van der Waals surface area contributed by atoms with Gasteiger partial charge in [0.25, 0.3) is 0 Å². The molecule has 2 amide bonds. The number of β-lactam (4-membered cyclic amide) rings is 1. The van der Waals surface area contributed by atoms with Gasteiger partial charge in [0.05, 0.1) is 31.1 Å². The number of rotatable bonds is 4. The monoisotopic (exact) mass is 366 g/mol. The molecule has 3 fully saturated rings. The van der Waals surface area contributed by atoms with Crippen molar-refractivity contribution in [2.24, 2.45) is 5.92 Å². The number of hydrogen-bond donors (Lipinski definition) is 1. The molecule has 1 unspecified atom stereocenters. The summed E-state index contributed by atoms with van der Waals surface area (Å²) in [6.45, 7) is 6.07. The van der Waals surface area contributed by atoms with Crippen molar-refractivity contribution in [3.8, 4) is 0 Å². The van der Waals surface area contributed by atoms with E-state index in [1.165, 1.54) is 16.7 Å². The van der Waals surface area contributed by atoms with Crippen molar-refractivity contribution in [1.82, 2.24) is 10.2 Å². The van der Waals surface area contributed by atoms with E-state index in [2.05, 4.69) is 5.32 Å². The van der Waals surface area contributed by atoms with Gasteiger partial charge in [-0.15, -0.1) is 11.8 Å². The van der Waals surface area contributed by atoms with Crippen LogP contribution in [-0.4, -0.2) is 64.4 Å². The second kappa shape index (κ2) is 7.13. The third-order valence-electron chi connectivity index (χ3n) is 4.43. The minimum Gasteiger partial charge on any atom is -0.548 e. The van der Waals surface area contributed by atoms with Crippen molar-refractivity contribution in [3.05, 3.63) is 0 Å². The molecule has 8 nitrogen and oxygen atoms in total. The fourth-order valence-electron chi connectivity index (χ4n) is 3.20. The largest absolute Gasteiger partial charge is 1.00 e. The quantitative estimate of drug-likeness (QED) is 0.393. The number of carboxylic acid groups (broad SMARTS) is 1. The van der Waals surface area contributed by atoms with Crippen LogP contribution in [0.25, 0.3) is 0 Å². The molecular formula is C14H19N2NaO6S. The van der Waals surface area contributed by atoms with Crippen LogP contribution in [0.2, 0.25) is 0 Å². The van der Waals surface area contributed by atoms with Crippen LogP contribution in [0.4, 0.5) is 0 Å². The minimum atomic E-state index is -1.27. The average Bonchev–Trinajstić information content (AvgIpc) is 3.08. The molecular weight excluding hydrogens is 347 g/mol. The number of carboxylic acids is 1. The Morgan fingerprint density at radius 2 is 1.96 bits per heavy atom. The Hall–Kier alpha value is -0.320. The Morgan fingerprint density at radius 3 is 2.50 bits per heavy atom. The Morgan fingerprint density at radius 1 is 1.38 bits per heavy atom. The van der Waals surface area contributed by atoms with Crippen molar-refractivity contribution < 1.29 is 58.5 Å². The molecule has 0 aliphatic carbocycles. The Bertz CT molecular complexity index is 553. The van der Waals surface area contributed by atoms with E-state index in [0.717, 1.165) is 0 Å². The number of nitrogens with one attached hydrogen (secondary N) is 1. The van der Waals surface area contributed by atoms with E-state index in [4.69, 9.17) is 9.47 Å². The van der Waals surface area contributed by atoms with Crippen molar-refractivity contribution >= 4 is 29.5 Å². The molecule has 3 heterocycles. The summed E-state index contributed by atoms with van der Waals surface area (Å²) in [7, 11) is 0. The summed E-state index contributed by atoms with van der Waals surface area (Å²) in [4.78, 5) is 37.1. The van der Waals surface area contributed by atoms with E-state index in [-0.39, 0.29) is 40.8 Å². The van der Waals surface area contributed by atoms with Crippen molar-refractivity contribution in [2.75, 3.05) is 13.2 Å². The van der Waals surface area contributed by atoms with Crippen molar-refractivity contribution in [1.29, 1.82) is 0 Å². The number of nitrogens with zero attached hydrogens (tertiary/aromatic N) is 1. The molecule has 0 saturated carbocycles. The number of thioether (sulfide) groups is 1. The smallest absolute Gasteiger partial charge is 0.548 e. The molecule has 24 heavy (non-hydrogen) atoms. The Kier molecular flexibility index (Phi) is 5.94. The molecule has 3 saturated heterocycles. The molecule has 10 heteroatoms. The molecule has 128 valence electrons. The summed E-state index contributed by atoms with van der Waals surface area (Å²) in [6.07, 6.45) is -0.607. The van der Waals surface area contributed by atoms with Gasteiger partial charge in [0, 0.05) is 4.75 Å².